The van der Waals surface area contributed by atoms with Crippen LogP contribution in [0, 0.1) is 23.3 Å². The molecule has 0 spiro atoms. The Morgan fingerprint density at radius 1 is 1.00 bits per heavy atom. The van der Waals surface area contributed by atoms with Crippen molar-refractivity contribution in [3.63, 3.8) is 0 Å². The van der Waals surface area contributed by atoms with Crippen LogP contribution in [0.15, 0.2) is 6.58 Å². The Bertz CT molecular complexity index is 479. The van der Waals surface area contributed by atoms with Gasteiger partial charge in [0.2, 0.25) is 0 Å². The third-order valence-electron chi connectivity index (χ3n) is 1.77. The summed E-state index contributed by atoms with van der Waals surface area (Å²) in [7, 11) is -5.44. The lowest BCUT2D eigenvalue weighted by Crippen LogP contribution is -2.20. The topological polar surface area (TPSA) is 57.5 Å². The van der Waals surface area contributed by atoms with E-state index in [4.69, 9.17) is 9.79 Å². The van der Waals surface area contributed by atoms with Crippen LogP contribution in [0.2, 0.25) is 0 Å². The number of halogens is 4. The van der Waals surface area contributed by atoms with E-state index in [9.17, 15) is 22.1 Å². The predicted molar refractivity (Wildman–Crippen MR) is 48.0 cm³/mol. The highest BCUT2D eigenvalue weighted by atomic mass is 31.2. The zero-order valence-electron chi connectivity index (χ0n) is 7.55. The molecule has 0 unspecified atom stereocenters. The Kier molecular flexibility index (Phi) is 3.23. The van der Waals surface area contributed by atoms with Crippen molar-refractivity contribution in [2.75, 3.05) is 0 Å². The fourth-order valence-electron chi connectivity index (χ4n) is 1.07. The lowest BCUT2D eigenvalue weighted by molar-refractivity contribution is 0.378. The minimum absolute atomic E-state index is 0.500. The largest absolute Gasteiger partial charge is 0.362 e. The molecule has 3 nitrogen and oxygen atoms in total. The maximum Gasteiger partial charge on any atom is 0.362 e. The molecule has 0 atom stereocenters. The quantitative estimate of drug-likeness (QED) is 0.481. The van der Waals surface area contributed by atoms with Crippen molar-refractivity contribution < 1.29 is 31.9 Å². The van der Waals surface area contributed by atoms with Gasteiger partial charge in [-0.2, -0.15) is 0 Å². The summed E-state index contributed by atoms with van der Waals surface area (Å²) in [5.74, 6) is -8.04. The van der Waals surface area contributed by atoms with Crippen LogP contribution in [-0.4, -0.2) is 9.79 Å². The molecule has 2 N–H and O–H groups in total. The molecule has 0 bridgehead atoms. The summed E-state index contributed by atoms with van der Waals surface area (Å²) >= 11 is 0. The Balaban J connectivity index is 3.81. The SMILES string of the molecule is C=Cc1c(F)c(F)c(P(=O)(O)O)c(F)c1F. The smallest absolute Gasteiger partial charge is 0.321 e. The zero-order chi connectivity index (χ0) is 12.7. The van der Waals surface area contributed by atoms with Crippen molar-refractivity contribution in [2.45, 2.75) is 0 Å². The van der Waals surface area contributed by atoms with Gasteiger partial charge in [0.05, 0.1) is 5.56 Å². The van der Waals surface area contributed by atoms with Gasteiger partial charge in [-0.25, -0.2) is 17.6 Å². The fraction of sp³-hybridized carbons (Fsp3) is 0. The van der Waals surface area contributed by atoms with Crippen molar-refractivity contribution in [3.05, 3.63) is 35.4 Å². The van der Waals surface area contributed by atoms with E-state index in [0.717, 1.165) is 0 Å². The van der Waals surface area contributed by atoms with Crippen LogP contribution < -0.4 is 5.30 Å². The summed E-state index contributed by atoms with van der Waals surface area (Å²) in [5, 5.41) is -1.92. The molecule has 16 heavy (non-hydrogen) atoms. The molecule has 88 valence electrons. The second-order valence-electron chi connectivity index (χ2n) is 2.77. The van der Waals surface area contributed by atoms with Crippen LogP contribution >= 0.6 is 7.60 Å². The molecule has 0 aliphatic carbocycles. The number of benzene rings is 1. The lowest BCUT2D eigenvalue weighted by Gasteiger charge is -2.10. The van der Waals surface area contributed by atoms with Gasteiger partial charge in [-0.3, -0.25) is 4.57 Å². The highest BCUT2D eigenvalue weighted by molar-refractivity contribution is 7.60. The number of hydrogen-bond donors (Lipinski definition) is 2. The van der Waals surface area contributed by atoms with Gasteiger partial charge in [0.25, 0.3) is 0 Å². The van der Waals surface area contributed by atoms with Gasteiger partial charge in [-0.05, 0) is 0 Å². The van der Waals surface area contributed by atoms with E-state index in [1.807, 2.05) is 0 Å². The maximum atomic E-state index is 13.1. The monoisotopic (exact) mass is 256 g/mol. The van der Waals surface area contributed by atoms with Crippen molar-refractivity contribution in [3.8, 4) is 0 Å². The Labute approximate surface area is 87.2 Å². The summed E-state index contributed by atoms with van der Waals surface area (Å²) in [5.41, 5.74) is -1.12. The molecule has 8 heteroatoms. The molecule has 0 saturated heterocycles. The first-order valence-corrected chi connectivity index (χ1v) is 5.37. The minimum atomic E-state index is -5.44. The summed E-state index contributed by atoms with van der Waals surface area (Å²) in [4.78, 5) is 17.1. The molecule has 0 fully saturated rings. The molecule has 0 radical (unpaired) electrons. The molecule has 0 aliphatic heterocycles. The standard InChI is InChI=1S/C8H5F4O3P/c1-2-3-4(9)6(11)8(16(13,14)15)7(12)5(3)10/h2H,1H2,(H2,13,14,15). The van der Waals surface area contributed by atoms with Crippen molar-refractivity contribution >= 4 is 19.0 Å². The average Bonchev–Trinajstić information content (AvgIpc) is 2.14. The Morgan fingerprint density at radius 3 is 1.62 bits per heavy atom. The van der Waals surface area contributed by atoms with Crippen LogP contribution in [0.4, 0.5) is 17.6 Å². The summed E-state index contributed by atoms with van der Waals surface area (Å²) in [6.07, 6.45) is 0.500. The minimum Gasteiger partial charge on any atom is -0.321 e. The van der Waals surface area contributed by atoms with E-state index in [1.165, 1.54) is 0 Å². The van der Waals surface area contributed by atoms with Gasteiger partial charge in [0.15, 0.2) is 23.3 Å². The maximum absolute atomic E-state index is 13.1. The van der Waals surface area contributed by atoms with Crippen LogP contribution in [0.3, 0.4) is 0 Å². The molecule has 1 aromatic carbocycles. The van der Waals surface area contributed by atoms with Gasteiger partial charge in [-0.1, -0.05) is 12.7 Å². The van der Waals surface area contributed by atoms with Gasteiger partial charge in [0, 0.05) is 0 Å². The van der Waals surface area contributed by atoms with Crippen LogP contribution in [-0.2, 0) is 4.57 Å². The molecule has 1 rings (SSSR count). The molecule has 0 amide bonds. The Morgan fingerprint density at radius 2 is 1.38 bits per heavy atom. The van der Waals surface area contributed by atoms with Crippen LogP contribution in [0.25, 0.3) is 6.08 Å². The van der Waals surface area contributed by atoms with Gasteiger partial charge in [0.1, 0.15) is 5.30 Å². The van der Waals surface area contributed by atoms with E-state index in [2.05, 4.69) is 6.58 Å². The van der Waals surface area contributed by atoms with Gasteiger partial charge >= 0.3 is 7.60 Å². The van der Waals surface area contributed by atoms with Gasteiger partial charge < -0.3 is 9.79 Å². The van der Waals surface area contributed by atoms with E-state index >= 15 is 0 Å². The number of hydrogen-bond acceptors (Lipinski definition) is 1. The first-order valence-electron chi connectivity index (χ1n) is 3.76. The normalized spacial score (nSPS) is 11.6. The molecular weight excluding hydrogens is 251 g/mol. The van der Waals surface area contributed by atoms with E-state index in [1.54, 1.807) is 0 Å². The van der Waals surface area contributed by atoms with Gasteiger partial charge in [-0.15, -0.1) is 0 Å². The summed E-state index contributed by atoms with van der Waals surface area (Å²) in [6.45, 7) is 2.92. The molecular formula is C8H5F4O3P. The average molecular weight is 256 g/mol. The van der Waals surface area contributed by atoms with E-state index in [-0.39, 0.29) is 0 Å². The first kappa shape index (κ1) is 12.9. The zero-order valence-corrected chi connectivity index (χ0v) is 8.44. The number of rotatable bonds is 2. The van der Waals surface area contributed by atoms with Crippen LogP contribution in [0.5, 0.6) is 0 Å². The Hall–Kier alpha value is -1.17. The fourth-order valence-corrected chi connectivity index (χ4v) is 1.78. The first-order chi connectivity index (χ1) is 7.21. The van der Waals surface area contributed by atoms with Crippen molar-refractivity contribution in [1.29, 1.82) is 0 Å². The van der Waals surface area contributed by atoms with E-state index in [0.29, 0.717) is 6.08 Å². The molecule has 0 aromatic heterocycles. The molecule has 0 heterocycles. The summed E-state index contributed by atoms with van der Waals surface area (Å²) < 4.78 is 62.8. The highest BCUT2D eigenvalue weighted by Crippen LogP contribution is 2.37. The summed E-state index contributed by atoms with van der Waals surface area (Å²) in [6, 6.07) is 0. The molecule has 0 aliphatic rings. The third kappa shape index (κ3) is 1.89. The van der Waals surface area contributed by atoms with Crippen molar-refractivity contribution in [1.82, 2.24) is 0 Å². The highest BCUT2D eigenvalue weighted by Gasteiger charge is 2.34. The second-order valence-corrected chi connectivity index (χ2v) is 4.30. The molecule has 1 aromatic rings. The third-order valence-corrected chi connectivity index (χ3v) is 2.74. The van der Waals surface area contributed by atoms with E-state index < -0.39 is 41.7 Å². The lowest BCUT2D eigenvalue weighted by atomic mass is 10.2. The molecule has 0 saturated carbocycles. The van der Waals surface area contributed by atoms with Crippen LogP contribution in [0.1, 0.15) is 5.56 Å². The predicted octanol–water partition coefficient (Wildman–Crippen LogP) is 1.69. The van der Waals surface area contributed by atoms with Crippen molar-refractivity contribution in [2.24, 2.45) is 0 Å². The second kappa shape index (κ2) is 4.01.